The van der Waals surface area contributed by atoms with E-state index in [-0.39, 0.29) is 0 Å². The van der Waals surface area contributed by atoms with Crippen molar-refractivity contribution in [2.75, 3.05) is 26.4 Å². The highest BCUT2D eigenvalue weighted by molar-refractivity contribution is 4.85. The molecule has 2 N–H and O–H groups in total. The summed E-state index contributed by atoms with van der Waals surface area (Å²) in [5.41, 5.74) is 0. The van der Waals surface area contributed by atoms with Crippen LogP contribution in [-0.2, 0) is 4.74 Å². The van der Waals surface area contributed by atoms with Crippen molar-refractivity contribution in [1.82, 2.24) is 10.6 Å². The van der Waals surface area contributed by atoms with Crippen LogP contribution in [0.5, 0.6) is 0 Å². The van der Waals surface area contributed by atoms with E-state index >= 15 is 0 Å². The molecule has 3 heteroatoms. The lowest BCUT2D eigenvalue weighted by atomic mass is 10.1. The summed E-state index contributed by atoms with van der Waals surface area (Å²) < 4.78 is 5.43. The van der Waals surface area contributed by atoms with E-state index in [1.165, 1.54) is 0 Å². The first-order valence-electron chi connectivity index (χ1n) is 3.50. The maximum Gasteiger partial charge on any atom is 0.0969 e. The van der Waals surface area contributed by atoms with Crippen molar-refractivity contribution in [2.45, 2.75) is 6.10 Å². The van der Waals surface area contributed by atoms with Crippen molar-refractivity contribution >= 4 is 0 Å². The van der Waals surface area contributed by atoms with Gasteiger partial charge in [0.05, 0.1) is 12.8 Å². The quantitative estimate of drug-likeness (QED) is 0.446. The average Bonchev–Trinajstić information content (AvgIpc) is 2.33. The lowest BCUT2D eigenvalue weighted by molar-refractivity contribution is -0.00668. The molecule has 3 nitrogen and oxygen atoms in total. The minimum absolute atomic E-state index is 0.492. The molecule has 2 heterocycles. The Kier molecular flexibility index (Phi) is 1.41. The smallest absolute Gasteiger partial charge is 0.0969 e. The summed E-state index contributed by atoms with van der Waals surface area (Å²) in [4.78, 5) is 0. The van der Waals surface area contributed by atoms with Gasteiger partial charge in [-0.2, -0.15) is 0 Å². The number of nitrogens with one attached hydrogen (secondary N) is 2. The van der Waals surface area contributed by atoms with Crippen molar-refractivity contribution in [3.8, 4) is 0 Å². The zero-order chi connectivity index (χ0) is 6.10. The molecule has 0 bridgehead atoms. The molecule has 9 heavy (non-hydrogen) atoms. The van der Waals surface area contributed by atoms with Crippen LogP contribution in [0.4, 0.5) is 0 Å². The van der Waals surface area contributed by atoms with Gasteiger partial charge in [-0.1, -0.05) is 0 Å². The molecule has 2 aliphatic heterocycles. The SMILES string of the molecule is C1NCC2CNCC2O1. The summed E-state index contributed by atoms with van der Waals surface area (Å²) in [7, 11) is 0. The Morgan fingerprint density at radius 1 is 1.11 bits per heavy atom. The van der Waals surface area contributed by atoms with E-state index in [4.69, 9.17) is 4.74 Å². The van der Waals surface area contributed by atoms with E-state index < -0.39 is 0 Å². The molecule has 0 saturated carbocycles. The van der Waals surface area contributed by atoms with Crippen molar-refractivity contribution in [2.24, 2.45) is 5.92 Å². The van der Waals surface area contributed by atoms with Crippen LogP contribution in [0.15, 0.2) is 0 Å². The van der Waals surface area contributed by atoms with Gasteiger partial charge in [0.2, 0.25) is 0 Å². The molecule has 2 aliphatic rings. The van der Waals surface area contributed by atoms with Gasteiger partial charge in [0.1, 0.15) is 0 Å². The highest BCUT2D eigenvalue weighted by Gasteiger charge is 2.29. The van der Waals surface area contributed by atoms with E-state index in [0.29, 0.717) is 6.10 Å². The van der Waals surface area contributed by atoms with Gasteiger partial charge in [0.15, 0.2) is 0 Å². The molecule has 2 fully saturated rings. The lowest BCUT2D eigenvalue weighted by Gasteiger charge is -2.25. The Hall–Kier alpha value is -0.120. The standard InChI is InChI=1S/C6H12N2O/c1-5-2-8-4-9-6(5)3-7-1/h5-8H,1-4H2. The zero-order valence-electron chi connectivity index (χ0n) is 5.39. The normalized spacial score (nSPS) is 42.7. The fourth-order valence-corrected chi connectivity index (χ4v) is 1.52. The van der Waals surface area contributed by atoms with E-state index in [2.05, 4.69) is 10.6 Å². The van der Waals surface area contributed by atoms with Crippen LogP contribution in [0.25, 0.3) is 0 Å². The summed E-state index contributed by atoms with van der Waals surface area (Å²) >= 11 is 0. The lowest BCUT2D eigenvalue weighted by Crippen LogP contribution is -2.40. The number of fused-ring (bicyclic) bond motifs is 1. The molecule has 2 unspecified atom stereocenters. The predicted octanol–water partition coefficient (Wildman–Crippen LogP) is -0.848. The second kappa shape index (κ2) is 2.25. The van der Waals surface area contributed by atoms with Gasteiger partial charge in [-0.25, -0.2) is 0 Å². The topological polar surface area (TPSA) is 33.3 Å². The zero-order valence-corrected chi connectivity index (χ0v) is 5.39. The number of rotatable bonds is 0. The van der Waals surface area contributed by atoms with Gasteiger partial charge in [0, 0.05) is 25.6 Å². The van der Waals surface area contributed by atoms with Crippen molar-refractivity contribution in [3.05, 3.63) is 0 Å². The number of hydrogen-bond donors (Lipinski definition) is 2. The molecular weight excluding hydrogens is 116 g/mol. The Labute approximate surface area is 54.8 Å². The Balaban J connectivity index is 1.97. The minimum Gasteiger partial charge on any atom is -0.361 e. The third-order valence-electron chi connectivity index (χ3n) is 2.08. The van der Waals surface area contributed by atoms with E-state index in [9.17, 15) is 0 Å². The van der Waals surface area contributed by atoms with Gasteiger partial charge in [-0.05, 0) is 0 Å². The fraction of sp³-hybridized carbons (Fsp3) is 1.00. The second-order valence-electron chi connectivity index (χ2n) is 2.72. The van der Waals surface area contributed by atoms with E-state index in [1.54, 1.807) is 0 Å². The van der Waals surface area contributed by atoms with Crippen LogP contribution in [0.2, 0.25) is 0 Å². The van der Waals surface area contributed by atoms with Crippen LogP contribution in [0.1, 0.15) is 0 Å². The molecular formula is C6H12N2O. The fourth-order valence-electron chi connectivity index (χ4n) is 1.52. The minimum atomic E-state index is 0.492. The molecule has 0 aromatic rings. The summed E-state index contributed by atoms with van der Waals surface area (Å²) in [6.45, 7) is 4.03. The van der Waals surface area contributed by atoms with Crippen molar-refractivity contribution in [1.29, 1.82) is 0 Å². The summed E-state index contributed by atoms with van der Waals surface area (Å²) in [6.07, 6.45) is 0.492. The van der Waals surface area contributed by atoms with E-state index in [0.717, 1.165) is 32.3 Å². The van der Waals surface area contributed by atoms with Gasteiger partial charge < -0.3 is 10.1 Å². The highest BCUT2D eigenvalue weighted by atomic mass is 16.5. The van der Waals surface area contributed by atoms with Crippen LogP contribution in [-0.4, -0.2) is 32.5 Å². The Morgan fingerprint density at radius 2 is 2.00 bits per heavy atom. The maximum atomic E-state index is 5.43. The predicted molar refractivity (Wildman–Crippen MR) is 34.1 cm³/mol. The second-order valence-corrected chi connectivity index (χ2v) is 2.72. The number of ether oxygens (including phenoxy) is 1. The average molecular weight is 128 g/mol. The molecule has 0 spiro atoms. The van der Waals surface area contributed by atoms with Gasteiger partial charge in [-0.15, -0.1) is 0 Å². The van der Waals surface area contributed by atoms with Crippen LogP contribution >= 0.6 is 0 Å². The molecule has 0 radical (unpaired) electrons. The molecule has 52 valence electrons. The third-order valence-corrected chi connectivity index (χ3v) is 2.08. The first kappa shape index (κ1) is 5.65. The van der Waals surface area contributed by atoms with Crippen LogP contribution in [0, 0.1) is 5.92 Å². The molecule has 0 aliphatic carbocycles. The van der Waals surface area contributed by atoms with Crippen molar-refractivity contribution < 1.29 is 4.74 Å². The Bertz CT molecular complexity index is 95.2. The highest BCUT2D eigenvalue weighted by Crippen LogP contribution is 2.13. The monoisotopic (exact) mass is 128 g/mol. The first-order chi connectivity index (χ1) is 4.47. The summed E-state index contributed by atoms with van der Waals surface area (Å²) in [5.74, 6) is 0.721. The van der Waals surface area contributed by atoms with Gasteiger partial charge >= 0.3 is 0 Å². The Morgan fingerprint density at radius 3 is 2.89 bits per heavy atom. The maximum absolute atomic E-state index is 5.43. The van der Waals surface area contributed by atoms with E-state index in [1.807, 2.05) is 0 Å². The first-order valence-corrected chi connectivity index (χ1v) is 3.50. The molecule has 2 atom stereocenters. The third kappa shape index (κ3) is 0.956. The number of hydrogen-bond acceptors (Lipinski definition) is 3. The van der Waals surface area contributed by atoms with Gasteiger partial charge in [-0.3, -0.25) is 5.32 Å². The van der Waals surface area contributed by atoms with Crippen molar-refractivity contribution in [3.63, 3.8) is 0 Å². The van der Waals surface area contributed by atoms with Crippen LogP contribution in [0.3, 0.4) is 0 Å². The molecule has 0 aromatic heterocycles. The molecule has 0 amide bonds. The van der Waals surface area contributed by atoms with Crippen LogP contribution < -0.4 is 10.6 Å². The largest absolute Gasteiger partial charge is 0.361 e. The molecule has 2 saturated heterocycles. The summed E-state index contributed by atoms with van der Waals surface area (Å²) in [5, 5.41) is 6.49. The molecule has 2 rings (SSSR count). The van der Waals surface area contributed by atoms with Gasteiger partial charge in [0.25, 0.3) is 0 Å². The molecule has 0 aromatic carbocycles. The summed E-state index contributed by atoms with van der Waals surface area (Å²) in [6, 6.07) is 0.